The molecule has 4 heteroatoms. The van der Waals surface area contributed by atoms with E-state index in [1.807, 2.05) is 11.0 Å². The summed E-state index contributed by atoms with van der Waals surface area (Å²) in [5.74, 6) is 0.899. The lowest BCUT2D eigenvalue weighted by molar-refractivity contribution is 0.0695. The summed E-state index contributed by atoms with van der Waals surface area (Å²) in [6, 6.07) is 12.7. The minimum atomic E-state index is 0.202. The van der Waals surface area contributed by atoms with E-state index < -0.39 is 0 Å². The molecule has 1 aliphatic heterocycles. The molecule has 2 nitrogen and oxygen atoms in total. The highest BCUT2D eigenvalue weighted by atomic mass is 79.9. The third-order valence-electron chi connectivity index (χ3n) is 4.56. The lowest BCUT2D eigenvalue weighted by Gasteiger charge is -2.31. The van der Waals surface area contributed by atoms with Crippen LogP contribution >= 0.6 is 27.3 Å². The van der Waals surface area contributed by atoms with Crippen molar-refractivity contribution in [3.63, 3.8) is 0 Å². The zero-order chi connectivity index (χ0) is 16.2. The largest absolute Gasteiger partial charge is 0.338 e. The minimum absolute atomic E-state index is 0.202. The second kappa shape index (κ2) is 7.63. The van der Waals surface area contributed by atoms with Gasteiger partial charge in [-0.25, -0.2) is 0 Å². The second-order valence-electron chi connectivity index (χ2n) is 6.16. The highest BCUT2D eigenvalue weighted by Gasteiger charge is 2.25. The van der Waals surface area contributed by atoms with E-state index >= 15 is 0 Å². The number of benzene rings is 1. The first kappa shape index (κ1) is 16.7. The van der Waals surface area contributed by atoms with Gasteiger partial charge in [-0.3, -0.25) is 4.79 Å². The van der Waals surface area contributed by atoms with Crippen molar-refractivity contribution in [2.75, 3.05) is 13.1 Å². The molecule has 0 saturated carbocycles. The standard InChI is InChI=1S/C19H22BrNOS/c1-2-17-16(20)13-18(23-17)19(22)21-10-8-15(9-11-21)12-14-6-4-3-5-7-14/h3-7,13,15H,2,8-12H2,1H3. The molecule has 3 rings (SSSR count). The highest BCUT2D eigenvalue weighted by Crippen LogP contribution is 2.30. The van der Waals surface area contributed by atoms with Crippen LogP contribution in [0.1, 0.15) is 39.9 Å². The summed E-state index contributed by atoms with van der Waals surface area (Å²) in [6.45, 7) is 3.89. The molecule has 122 valence electrons. The van der Waals surface area contributed by atoms with Crippen LogP contribution in [0.4, 0.5) is 0 Å². The Morgan fingerprint density at radius 3 is 2.57 bits per heavy atom. The Bertz CT molecular complexity index is 659. The number of halogens is 1. The van der Waals surface area contributed by atoms with Crippen LogP contribution in [-0.4, -0.2) is 23.9 Å². The molecule has 0 N–H and O–H groups in total. The van der Waals surface area contributed by atoms with Gasteiger partial charge in [0.2, 0.25) is 0 Å². The average molecular weight is 392 g/mol. The number of thiophene rings is 1. The lowest BCUT2D eigenvalue weighted by atomic mass is 9.90. The molecule has 0 spiro atoms. The van der Waals surface area contributed by atoms with E-state index in [4.69, 9.17) is 0 Å². The van der Waals surface area contributed by atoms with Crippen LogP contribution in [-0.2, 0) is 12.8 Å². The Morgan fingerprint density at radius 1 is 1.26 bits per heavy atom. The molecule has 1 amide bonds. The van der Waals surface area contributed by atoms with Crippen LogP contribution < -0.4 is 0 Å². The predicted octanol–water partition coefficient (Wildman–Crippen LogP) is 5.17. The number of likely N-dealkylation sites (tertiary alicyclic amines) is 1. The van der Waals surface area contributed by atoms with Gasteiger partial charge in [-0.2, -0.15) is 0 Å². The van der Waals surface area contributed by atoms with E-state index in [2.05, 4.69) is 53.2 Å². The first-order valence-corrected chi connectivity index (χ1v) is 9.89. The molecule has 0 aliphatic carbocycles. The van der Waals surface area contributed by atoms with Gasteiger partial charge in [0.15, 0.2) is 0 Å². The topological polar surface area (TPSA) is 20.3 Å². The summed E-state index contributed by atoms with van der Waals surface area (Å²) in [6.07, 6.45) is 4.31. The van der Waals surface area contributed by atoms with Crippen LogP contribution in [0.25, 0.3) is 0 Å². The van der Waals surface area contributed by atoms with E-state index in [1.165, 1.54) is 10.4 Å². The van der Waals surface area contributed by atoms with E-state index in [0.717, 1.165) is 48.1 Å². The van der Waals surface area contributed by atoms with Crippen molar-refractivity contribution in [2.45, 2.75) is 32.6 Å². The van der Waals surface area contributed by atoms with Crippen molar-refractivity contribution < 1.29 is 4.79 Å². The maximum absolute atomic E-state index is 12.7. The van der Waals surface area contributed by atoms with E-state index in [9.17, 15) is 4.79 Å². The van der Waals surface area contributed by atoms with Crippen molar-refractivity contribution in [1.82, 2.24) is 4.90 Å². The third kappa shape index (κ3) is 4.04. The zero-order valence-corrected chi connectivity index (χ0v) is 15.8. The van der Waals surface area contributed by atoms with Gasteiger partial charge in [0.05, 0.1) is 4.88 Å². The number of amides is 1. The molecule has 1 aliphatic rings. The summed E-state index contributed by atoms with van der Waals surface area (Å²) >= 11 is 5.18. The molecule has 1 aromatic carbocycles. The van der Waals surface area contributed by atoms with Crippen molar-refractivity contribution in [1.29, 1.82) is 0 Å². The molecule has 0 radical (unpaired) electrons. The Morgan fingerprint density at radius 2 is 1.96 bits per heavy atom. The molecule has 1 fully saturated rings. The SMILES string of the molecule is CCc1sc(C(=O)N2CCC(Cc3ccccc3)CC2)cc1Br. The van der Waals surface area contributed by atoms with Crippen molar-refractivity contribution in [3.05, 3.63) is 56.2 Å². The number of carbonyl (C=O) groups excluding carboxylic acids is 1. The van der Waals surface area contributed by atoms with E-state index in [1.54, 1.807) is 11.3 Å². The van der Waals surface area contributed by atoms with Gasteiger partial charge in [0.1, 0.15) is 0 Å². The predicted molar refractivity (Wildman–Crippen MR) is 100 cm³/mol. The zero-order valence-electron chi connectivity index (χ0n) is 13.4. The number of carbonyl (C=O) groups is 1. The van der Waals surface area contributed by atoms with Gasteiger partial charge in [-0.1, -0.05) is 37.3 Å². The summed E-state index contributed by atoms with van der Waals surface area (Å²) in [5.41, 5.74) is 1.41. The number of nitrogens with zero attached hydrogens (tertiary/aromatic N) is 1. The van der Waals surface area contributed by atoms with Crippen LogP contribution in [0.5, 0.6) is 0 Å². The average Bonchev–Trinajstić information content (AvgIpc) is 2.97. The first-order chi connectivity index (χ1) is 11.2. The quantitative estimate of drug-likeness (QED) is 0.703. The third-order valence-corrected chi connectivity index (χ3v) is 6.80. The fourth-order valence-corrected chi connectivity index (χ4v) is 5.06. The highest BCUT2D eigenvalue weighted by molar-refractivity contribution is 9.10. The monoisotopic (exact) mass is 391 g/mol. The van der Waals surface area contributed by atoms with Crippen LogP contribution in [0.3, 0.4) is 0 Å². The van der Waals surface area contributed by atoms with E-state index in [-0.39, 0.29) is 5.91 Å². The molecule has 0 unspecified atom stereocenters. The first-order valence-electron chi connectivity index (χ1n) is 8.28. The Labute approximate surface area is 150 Å². The Hall–Kier alpha value is -1.13. The summed E-state index contributed by atoms with van der Waals surface area (Å²) in [4.78, 5) is 16.8. The van der Waals surface area contributed by atoms with Gasteiger partial charge in [0, 0.05) is 22.4 Å². The molecule has 0 atom stereocenters. The van der Waals surface area contributed by atoms with Gasteiger partial charge >= 0.3 is 0 Å². The molecule has 23 heavy (non-hydrogen) atoms. The molecular formula is C19H22BrNOS. The molecule has 0 bridgehead atoms. The van der Waals surface area contributed by atoms with Crippen LogP contribution in [0.2, 0.25) is 0 Å². The van der Waals surface area contributed by atoms with Crippen LogP contribution in [0.15, 0.2) is 40.9 Å². The number of hydrogen-bond acceptors (Lipinski definition) is 2. The minimum Gasteiger partial charge on any atom is -0.338 e. The number of hydrogen-bond donors (Lipinski definition) is 0. The number of rotatable bonds is 4. The number of aryl methyl sites for hydroxylation is 1. The van der Waals surface area contributed by atoms with Gasteiger partial charge < -0.3 is 4.90 Å². The van der Waals surface area contributed by atoms with E-state index in [0.29, 0.717) is 5.92 Å². The summed E-state index contributed by atoms with van der Waals surface area (Å²) in [5, 5.41) is 0. The number of piperidine rings is 1. The molecule has 1 aromatic heterocycles. The van der Waals surface area contributed by atoms with Crippen molar-refractivity contribution >= 4 is 33.2 Å². The van der Waals surface area contributed by atoms with Gasteiger partial charge in [-0.15, -0.1) is 11.3 Å². The van der Waals surface area contributed by atoms with Gasteiger partial charge in [-0.05, 0) is 59.2 Å². The Kier molecular flexibility index (Phi) is 5.54. The molecule has 2 heterocycles. The lowest BCUT2D eigenvalue weighted by Crippen LogP contribution is -2.38. The van der Waals surface area contributed by atoms with Crippen LogP contribution in [0, 0.1) is 5.92 Å². The summed E-state index contributed by atoms with van der Waals surface area (Å²) < 4.78 is 1.08. The van der Waals surface area contributed by atoms with Gasteiger partial charge in [0.25, 0.3) is 5.91 Å². The molecule has 1 saturated heterocycles. The maximum Gasteiger partial charge on any atom is 0.263 e. The Balaban J connectivity index is 1.56. The fourth-order valence-electron chi connectivity index (χ4n) is 3.20. The maximum atomic E-state index is 12.7. The van der Waals surface area contributed by atoms with Crippen molar-refractivity contribution in [2.24, 2.45) is 5.92 Å². The normalized spacial score (nSPS) is 15.8. The molecular weight excluding hydrogens is 370 g/mol. The second-order valence-corrected chi connectivity index (χ2v) is 8.15. The smallest absolute Gasteiger partial charge is 0.263 e. The molecule has 2 aromatic rings. The fraction of sp³-hybridized carbons (Fsp3) is 0.421. The van der Waals surface area contributed by atoms with Crippen molar-refractivity contribution in [3.8, 4) is 0 Å². The summed E-state index contributed by atoms with van der Waals surface area (Å²) in [7, 11) is 0.